The Morgan fingerprint density at radius 2 is 1.56 bits per heavy atom. The number of ketones is 1. The number of piperidine rings is 1. The Bertz CT molecular complexity index is 501. The van der Waals surface area contributed by atoms with Crippen LogP contribution in [0.1, 0.15) is 92.9 Å². The van der Waals surface area contributed by atoms with Gasteiger partial charge in [-0.15, -0.1) is 0 Å². The fraction of sp³-hybridized carbons (Fsp3) is 0.913. The van der Waals surface area contributed by atoms with E-state index in [0.717, 1.165) is 32.2 Å². The van der Waals surface area contributed by atoms with Crippen molar-refractivity contribution in [2.45, 2.75) is 105 Å². The minimum atomic E-state index is 0.130. The summed E-state index contributed by atoms with van der Waals surface area (Å²) in [7, 11) is 0. The zero-order valence-electron chi connectivity index (χ0n) is 18.6. The molecular weight excluding hydrogens is 336 g/mol. The number of nitrogens with zero attached hydrogens (tertiary/aromatic N) is 1. The Morgan fingerprint density at radius 1 is 0.963 bits per heavy atom. The number of hydrogen-bond acceptors (Lipinski definition) is 3. The zero-order valence-corrected chi connectivity index (χ0v) is 18.6. The van der Waals surface area contributed by atoms with Crippen molar-refractivity contribution in [3.05, 3.63) is 0 Å². The highest BCUT2D eigenvalue weighted by molar-refractivity contribution is 5.80. The van der Waals surface area contributed by atoms with Gasteiger partial charge < -0.3 is 5.32 Å². The van der Waals surface area contributed by atoms with Crippen molar-refractivity contribution < 1.29 is 9.59 Å². The molecule has 0 aromatic carbocycles. The first kappa shape index (κ1) is 22.4. The van der Waals surface area contributed by atoms with E-state index in [0.29, 0.717) is 48.6 Å². The monoisotopic (exact) mass is 378 g/mol. The summed E-state index contributed by atoms with van der Waals surface area (Å²) in [5.41, 5.74) is 0.441. The first-order valence-corrected chi connectivity index (χ1v) is 11.0. The van der Waals surface area contributed by atoms with E-state index < -0.39 is 0 Å². The van der Waals surface area contributed by atoms with Crippen molar-refractivity contribution in [1.29, 1.82) is 0 Å². The maximum Gasteiger partial charge on any atom is 0.220 e. The number of rotatable bonds is 8. The Morgan fingerprint density at radius 3 is 2.07 bits per heavy atom. The molecule has 0 saturated carbocycles. The average Bonchev–Trinajstić information content (AvgIpc) is 2.74. The largest absolute Gasteiger partial charge is 0.356 e. The van der Waals surface area contributed by atoms with Gasteiger partial charge in [0.25, 0.3) is 0 Å². The average molecular weight is 379 g/mol. The van der Waals surface area contributed by atoms with Crippen LogP contribution >= 0.6 is 0 Å². The predicted molar refractivity (Wildman–Crippen MR) is 112 cm³/mol. The molecular formula is C23H42N2O2. The SMILES string of the molecule is CC(C)(C)CCCC(=O)CN1[C@@H]2CC[C@H]1C[C@@H](CC(=O)NCC(C)(C)C)C2. The summed E-state index contributed by atoms with van der Waals surface area (Å²) < 4.78 is 0. The first-order chi connectivity index (χ1) is 12.4. The molecule has 3 atom stereocenters. The summed E-state index contributed by atoms with van der Waals surface area (Å²) in [6.07, 6.45) is 8.02. The third-order valence-electron chi connectivity index (χ3n) is 6.01. The molecule has 156 valence electrons. The number of carbonyl (C=O) groups excluding carboxylic acids is 2. The highest BCUT2D eigenvalue weighted by Gasteiger charge is 2.41. The maximum atomic E-state index is 12.4. The van der Waals surface area contributed by atoms with E-state index in [2.05, 4.69) is 51.8 Å². The van der Waals surface area contributed by atoms with Crippen LogP contribution in [0, 0.1) is 16.7 Å². The molecule has 2 saturated heterocycles. The molecule has 2 heterocycles. The number of fused-ring (bicyclic) bond motifs is 2. The minimum Gasteiger partial charge on any atom is -0.356 e. The van der Waals surface area contributed by atoms with Crippen LogP contribution in [0.25, 0.3) is 0 Å². The number of hydrogen-bond donors (Lipinski definition) is 1. The minimum absolute atomic E-state index is 0.130. The van der Waals surface area contributed by atoms with Gasteiger partial charge in [0, 0.05) is 31.5 Å². The summed E-state index contributed by atoms with van der Waals surface area (Å²) in [6, 6.07) is 1.02. The molecule has 2 fully saturated rings. The van der Waals surface area contributed by atoms with Crippen molar-refractivity contribution >= 4 is 11.7 Å². The van der Waals surface area contributed by atoms with Crippen LogP contribution in [0.15, 0.2) is 0 Å². The molecule has 2 rings (SSSR count). The second kappa shape index (κ2) is 9.07. The summed E-state index contributed by atoms with van der Waals surface area (Å²) in [5.74, 6) is 1.08. The van der Waals surface area contributed by atoms with Crippen molar-refractivity contribution in [1.82, 2.24) is 10.2 Å². The molecule has 0 aromatic rings. The number of Topliss-reactive ketones (excluding diaryl/α,β-unsaturated/α-hetero) is 1. The molecule has 1 amide bonds. The summed E-state index contributed by atoms with van der Waals surface area (Å²) >= 11 is 0. The van der Waals surface area contributed by atoms with E-state index in [-0.39, 0.29) is 11.3 Å². The van der Waals surface area contributed by atoms with Gasteiger partial charge in [-0.3, -0.25) is 14.5 Å². The van der Waals surface area contributed by atoms with Crippen LogP contribution < -0.4 is 5.32 Å². The van der Waals surface area contributed by atoms with E-state index >= 15 is 0 Å². The van der Waals surface area contributed by atoms with Crippen LogP contribution in [0.3, 0.4) is 0 Å². The molecule has 4 nitrogen and oxygen atoms in total. The third kappa shape index (κ3) is 7.93. The fourth-order valence-electron chi connectivity index (χ4n) is 4.61. The standard InChI is InChI=1S/C23H42N2O2/c1-22(2,3)11-7-8-20(26)15-25-18-9-10-19(25)13-17(12-18)14-21(27)24-16-23(4,5)6/h17-19H,7-16H2,1-6H3,(H,24,27)/t17-,18+,19-. The third-order valence-corrected chi connectivity index (χ3v) is 6.01. The molecule has 0 aromatic heterocycles. The van der Waals surface area contributed by atoms with Crippen LogP contribution in [0.5, 0.6) is 0 Å². The molecule has 2 bridgehead atoms. The topological polar surface area (TPSA) is 49.4 Å². The summed E-state index contributed by atoms with van der Waals surface area (Å²) in [5, 5.41) is 3.09. The predicted octanol–water partition coefficient (Wildman–Crippen LogP) is 4.57. The van der Waals surface area contributed by atoms with Gasteiger partial charge in [-0.25, -0.2) is 0 Å². The summed E-state index contributed by atoms with van der Waals surface area (Å²) in [4.78, 5) is 27.2. The molecule has 27 heavy (non-hydrogen) atoms. The molecule has 2 aliphatic heterocycles. The number of nitrogens with one attached hydrogen (secondary N) is 1. The number of amides is 1. The summed E-state index contributed by atoms with van der Waals surface area (Å²) in [6.45, 7) is 14.5. The highest BCUT2D eigenvalue weighted by Crippen LogP contribution is 2.39. The maximum absolute atomic E-state index is 12.4. The zero-order chi connectivity index (χ0) is 20.2. The molecule has 0 spiro atoms. The Labute approximate surface area is 166 Å². The lowest BCUT2D eigenvalue weighted by Gasteiger charge is -2.38. The molecule has 0 unspecified atom stereocenters. The lowest BCUT2D eigenvalue weighted by atomic mass is 9.87. The Kier molecular flexibility index (Phi) is 7.52. The van der Waals surface area contributed by atoms with Gasteiger partial charge in [0.05, 0.1) is 6.54 Å². The van der Waals surface area contributed by atoms with Gasteiger partial charge in [0.1, 0.15) is 5.78 Å². The molecule has 2 aliphatic rings. The lowest BCUT2D eigenvalue weighted by molar-refractivity contribution is -0.124. The van der Waals surface area contributed by atoms with Gasteiger partial charge in [-0.2, -0.15) is 0 Å². The molecule has 1 N–H and O–H groups in total. The van der Waals surface area contributed by atoms with Gasteiger partial charge in [0.15, 0.2) is 0 Å². The molecule has 0 aliphatic carbocycles. The van der Waals surface area contributed by atoms with Gasteiger partial charge in [-0.1, -0.05) is 41.5 Å². The van der Waals surface area contributed by atoms with E-state index in [1.165, 1.54) is 12.8 Å². The van der Waals surface area contributed by atoms with Gasteiger partial charge in [0.2, 0.25) is 5.91 Å². The van der Waals surface area contributed by atoms with E-state index in [9.17, 15) is 9.59 Å². The molecule has 0 radical (unpaired) electrons. The van der Waals surface area contributed by atoms with E-state index in [1.807, 2.05) is 0 Å². The van der Waals surface area contributed by atoms with Crippen molar-refractivity contribution in [3.63, 3.8) is 0 Å². The van der Waals surface area contributed by atoms with Crippen LogP contribution in [0.4, 0.5) is 0 Å². The fourth-order valence-corrected chi connectivity index (χ4v) is 4.61. The normalized spacial score (nSPS) is 26.2. The smallest absolute Gasteiger partial charge is 0.220 e. The van der Waals surface area contributed by atoms with E-state index in [1.54, 1.807) is 0 Å². The highest BCUT2D eigenvalue weighted by atomic mass is 16.1. The second-order valence-electron chi connectivity index (χ2n) is 11.4. The number of carbonyl (C=O) groups is 2. The van der Waals surface area contributed by atoms with Crippen LogP contribution in [0.2, 0.25) is 0 Å². The molecule has 4 heteroatoms. The van der Waals surface area contributed by atoms with E-state index in [4.69, 9.17) is 0 Å². The Balaban J connectivity index is 1.74. The Hall–Kier alpha value is -0.900. The van der Waals surface area contributed by atoms with Crippen LogP contribution in [-0.2, 0) is 9.59 Å². The van der Waals surface area contributed by atoms with Crippen LogP contribution in [-0.4, -0.2) is 41.8 Å². The quantitative estimate of drug-likeness (QED) is 0.673. The lowest BCUT2D eigenvalue weighted by Crippen LogP contribution is -2.46. The first-order valence-electron chi connectivity index (χ1n) is 11.0. The van der Waals surface area contributed by atoms with Gasteiger partial charge >= 0.3 is 0 Å². The van der Waals surface area contributed by atoms with Crippen molar-refractivity contribution in [2.75, 3.05) is 13.1 Å². The van der Waals surface area contributed by atoms with Gasteiger partial charge in [-0.05, 0) is 55.3 Å². The van der Waals surface area contributed by atoms with Crippen molar-refractivity contribution in [2.24, 2.45) is 16.7 Å². The second-order valence-corrected chi connectivity index (χ2v) is 11.4. The van der Waals surface area contributed by atoms with Crippen molar-refractivity contribution in [3.8, 4) is 0 Å².